The number of anilines is 1. The van der Waals surface area contributed by atoms with Crippen LogP contribution in [0.1, 0.15) is 5.56 Å². The minimum atomic E-state index is -0.102. The van der Waals surface area contributed by atoms with Gasteiger partial charge in [0.1, 0.15) is 0 Å². The third-order valence-electron chi connectivity index (χ3n) is 2.24. The lowest BCUT2D eigenvalue weighted by atomic mass is 10.2. The van der Waals surface area contributed by atoms with Crippen molar-refractivity contribution in [3.63, 3.8) is 0 Å². The summed E-state index contributed by atoms with van der Waals surface area (Å²) in [5.41, 5.74) is 1.22. The Bertz CT molecular complexity index is 482. The Morgan fingerprint density at radius 3 is 3.00 bits per heavy atom. The molecule has 0 heterocycles. The summed E-state index contributed by atoms with van der Waals surface area (Å²) in [6.45, 7) is 0.537. The highest BCUT2D eigenvalue weighted by Crippen LogP contribution is 2.14. The van der Waals surface area contributed by atoms with E-state index in [9.17, 15) is 4.79 Å². The Hall–Kier alpha value is -2.30. The summed E-state index contributed by atoms with van der Waals surface area (Å²) in [6, 6.07) is 8.91. The Morgan fingerprint density at radius 2 is 2.35 bits per heavy atom. The van der Waals surface area contributed by atoms with Crippen LogP contribution in [-0.4, -0.2) is 26.0 Å². The Labute approximate surface area is 101 Å². The van der Waals surface area contributed by atoms with Gasteiger partial charge >= 0.3 is 0 Å². The van der Waals surface area contributed by atoms with Crippen molar-refractivity contribution in [3.8, 4) is 18.4 Å². The first-order valence-electron chi connectivity index (χ1n) is 5.10. The summed E-state index contributed by atoms with van der Waals surface area (Å²) in [6.07, 6.45) is 5.07. The van der Waals surface area contributed by atoms with Crippen molar-refractivity contribution in [1.29, 1.82) is 5.26 Å². The largest absolute Gasteiger partial charge is 0.314 e. The van der Waals surface area contributed by atoms with Crippen molar-refractivity contribution in [3.05, 3.63) is 29.8 Å². The highest BCUT2D eigenvalue weighted by atomic mass is 16.2. The molecule has 0 radical (unpaired) electrons. The first-order valence-corrected chi connectivity index (χ1v) is 5.10. The van der Waals surface area contributed by atoms with Gasteiger partial charge in [-0.25, -0.2) is 0 Å². The summed E-state index contributed by atoms with van der Waals surface area (Å²) < 4.78 is 0. The van der Waals surface area contributed by atoms with Crippen LogP contribution in [0.3, 0.4) is 0 Å². The van der Waals surface area contributed by atoms with Gasteiger partial charge in [0, 0.05) is 12.7 Å². The van der Waals surface area contributed by atoms with Crippen LogP contribution < -0.4 is 10.2 Å². The van der Waals surface area contributed by atoms with Crippen LogP contribution in [0.2, 0.25) is 0 Å². The van der Waals surface area contributed by atoms with E-state index in [0.717, 1.165) is 0 Å². The van der Waals surface area contributed by atoms with E-state index in [4.69, 9.17) is 11.7 Å². The minimum Gasteiger partial charge on any atom is -0.314 e. The average Bonchev–Trinajstić information content (AvgIpc) is 2.38. The molecule has 0 atom stereocenters. The lowest BCUT2D eigenvalue weighted by molar-refractivity contribution is -0.117. The third-order valence-corrected chi connectivity index (χ3v) is 2.24. The second-order valence-corrected chi connectivity index (χ2v) is 3.42. The van der Waals surface area contributed by atoms with Crippen LogP contribution in [0.5, 0.6) is 0 Å². The second-order valence-electron chi connectivity index (χ2n) is 3.42. The summed E-state index contributed by atoms with van der Waals surface area (Å²) >= 11 is 0. The monoisotopic (exact) mass is 227 g/mol. The van der Waals surface area contributed by atoms with E-state index in [0.29, 0.717) is 17.8 Å². The molecule has 1 aromatic rings. The first kappa shape index (κ1) is 12.8. The number of amides is 1. The lowest BCUT2D eigenvalue weighted by Crippen LogP contribution is -2.35. The molecular weight excluding hydrogens is 214 g/mol. The lowest BCUT2D eigenvalue weighted by Gasteiger charge is -2.17. The van der Waals surface area contributed by atoms with Gasteiger partial charge in [0.15, 0.2) is 0 Å². The fourth-order valence-electron chi connectivity index (χ4n) is 1.29. The summed E-state index contributed by atoms with van der Waals surface area (Å²) in [5, 5.41) is 11.6. The highest BCUT2D eigenvalue weighted by Gasteiger charge is 2.10. The zero-order valence-corrected chi connectivity index (χ0v) is 9.60. The second kappa shape index (κ2) is 6.32. The quantitative estimate of drug-likeness (QED) is 0.610. The molecule has 1 aromatic carbocycles. The van der Waals surface area contributed by atoms with Crippen LogP contribution >= 0.6 is 0 Å². The summed E-state index contributed by atoms with van der Waals surface area (Å²) in [7, 11) is 1.66. The Balaban J connectivity index is 2.69. The third kappa shape index (κ3) is 3.64. The van der Waals surface area contributed by atoms with Gasteiger partial charge in [-0.2, -0.15) is 5.26 Å². The number of nitrogens with zero attached hydrogens (tertiary/aromatic N) is 2. The van der Waals surface area contributed by atoms with E-state index in [-0.39, 0.29) is 12.5 Å². The van der Waals surface area contributed by atoms with Crippen molar-refractivity contribution in [2.45, 2.75) is 0 Å². The van der Waals surface area contributed by atoms with Gasteiger partial charge in [-0.15, -0.1) is 6.42 Å². The molecule has 4 heteroatoms. The van der Waals surface area contributed by atoms with Gasteiger partial charge in [0.2, 0.25) is 5.91 Å². The molecule has 0 aliphatic rings. The van der Waals surface area contributed by atoms with E-state index in [1.807, 2.05) is 6.07 Å². The van der Waals surface area contributed by atoms with Gasteiger partial charge in [0.25, 0.3) is 0 Å². The maximum absolute atomic E-state index is 11.7. The van der Waals surface area contributed by atoms with Crippen LogP contribution in [0, 0.1) is 23.7 Å². The molecule has 0 saturated heterocycles. The number of nitrogens with one attached hydrogen (secondary N) is 1. The molecule has 86 valence electrons. The highest BCUT2D eigenvalue weighted by molar-refractivity contribution is 5.94. The Morgan fingerprint density at radius 1 is 1.59 bits per heavy atom. The molecule has 1 N–H and O–H groups in total. The molecule has 0 aliphatic heterocycles. The fourth-order valence-corrected chi connectivity index (χ4v) is 1.29. The number of likely N-dealkylation sites (N-methyl/N-ethyl adjacent to an activating group) is 1. The molecule has 0 aromatic heterocycles. The van der Waals surface area contributed by atoms with Crippen molar-refractivity contribution >= 4 is 11.6 Å². The number of hydrogen-bond acceptors (Lipinski definition) is 3. The molecule has 0 saturated carbocycles. The molecule has 4 nitrogen and oxygen atoms in total. The standard InChI is InChI=1S/C13H13N3O/c1-3-7-15-10-13(17)16(2)12-6-4-5-11(8-12)9-14/h1,4-6,8,15H,7,10H2,2H3. The molecule has 0 spiro atoms. The molecule has 1 rings (SSSR count). The van der Waals surface area contributed by atoms with Gasteiger partial charge < -0.3 is 4.90 Å². The number of hydrogen-bond donors (Lipinski definition) is 1. The summed E-state index contributed by atoms with van der Waals surface area (Å²) in [5.74, 6) is 2.29. The molecule has 0 aliphatic carbocycles. The van der Waals surface area contributed by atoms with Crippen molar-refractivity contribution in [2.75, 3.05) is 25.0 Å². The van der Waals surface area contributed by atoms with E-state index >= 15 is 0 Å². The van der Waals surface area contributed by atoms with Gasteiger partial charge in [-0.05, 0) is 18.2 Å². The van der Waals surface area contributed by atoms with Gasteiger partial charge in [-0.3, -0.25) is 10.1 Å². The van der Waals surface area contributed by atoms with Crippen molar-refractivity contribution in [1.82, 2.24) is 5.32 Å². The van der Waals surface area contributed by atoms with Gasteiger partial charge in [-0.1, -0.05) is 12.0 Å². The van der Waals surface area contributed by atoms with Gasteiger partial charge in [0.05, 0.1) is 24.7 Å². The van der Waals surface area contributed by atoms with E-state index in [2.05, 4.69) is 11.2 Å². The number of terminal acetylenes is 1. The topological polar surface area (TPSA) is 56.1 Å². The number of carbonyl (C=O) groups is 1. The Kier molecular flexibility index (Phi) is 4.75. The molecule has 0 unspecified atom stereocenters. The number of rotatable bonds is 4. The zero-order chi connectivity index (χ0) is 12.7. The fraction of sp³-hybridized carbons (Fsp3) is 0.231. The first-order chi connectivity index (χ1) is 8.19. The minimum absolute atomic E-state index is 0.102. The van der Waals surface area contributed by atoms with Crippen molar-refractivity contribution < 1.29 is 4.79 Å². The smallest absolute Gasteiger partial charge is 0.240 e. The molecule has 17 heavy (non-hydrogen) atoms. The van der Waals surface area contributed by atoms with Crippen LogP contribution in [0.4, 0.5) is 5.69 Å². The molecular formula is C13H13N3O. The predicted molar refractivity (Wildman–Crippen MR) is 66.3 cm³/mol. The number of carbonyl (C=O) groups excluding carboxylic acids is 1. The summed E-state index contributed by atoms with van der Waals surface area (Å²) in [4.78, 5) is 13.2. The van der Waals surface area contributed by atoms with E-state index in [1.165, 1.54) is 4.90 Å². The van der Waals surface area contributed by atoms with E-state index in [1.54, 1.807) is 31.3 Å². The average molecular weight is 227 g/mol. The van der Waals surface area contributed by atoms with Crippen LogP contribution in [0.15, 0.2) is 24.3 Å². The number of benzene rings is 1. The normalized spacial score (nSPS) is 9.12. The molecule has 1 amide bonds. The molecule has 0 bridgehead atoms. The zero-order valence-electron chi connectivity index (χ0n) is 9.60. The molecule has 0 fully saturated rings. The number of nitriles is 1. The maximum Gasteiger partial charge on any atom is 0.240 e. The maximum atomic E-state index is 11.7. The SMILES string of the molecule is C#CCNCC(=O)N(C)c1cccc(C#N)c1. The van der Waals surface area contributed by atoms with Crippen molar-refractivity contribution in [2.24, 2.45) is 0 Å². The predicted octanol–water partition coefficient (Wildman–Crippen LogP) is 0.744. The van der Waals surface area contributed by atoms with Crippen LogP contribution in [0.25, 0.3) is 0 Å². The van der Waals surface area contributed by atoms with Crippen LogP contribution in [-0.2, 0) is 4.79 Å². The van der Waals surface area contributed by atoms with E-state index < -0.39 is 0 Å².